The summed E-state index contributed by atoms with van der Waals surface area (Å²) in [7, 11) is 1.63. The Balaban J connectivity index is 1.55. The number of anilines is 1. The Morgan fingerprint density at radius 3 is 2.92 bits per heavy atom. The molecule has 3 aromatic rings. The van der Waals surface area contributed by atoms with Gasteiger partial charge < -0.3 is 14.8 Å². The summed E-state index contributed by atoms with van der Waals surface area (Å²) in [6.07, 6.45) is -0.548. The summed E-state index contributed by atoms with van der Waals surface area (Å²) < 4.78 is 10.5. The van der Waals surface area contributed by atoms with Gasteiger partial charge in [0, 0.05) is 16.5 Å². The van der Waals surface area contributed by atoms with Crippen LogP contribution in [0.3, 0.4) is 0 Å². The van der Waals surface area contributed by atoms with E-state index in [-0.39, 0.29) is 0 Å². The molecule has 1 N–H and O–H groups in total. The van der Waals surface area contributed by atoms with E-state index in [1.165, 1.54) is 11.3 Å². The Morgan fingerprint density at radius 2 is 2.12 bits per heavy atom. The third kappa shape index (κ3) is 2.55. The molecule has 2 heterocycles. The lowest BCUT2D eigenvalue weighted by Gasteiger charge is -2.11. The fourth-order valence-corrected chi connectivity index (χ4v) is 3.21. The number of thiazole rings is 1. The molecule has 0 fully saturated rings. The molecule has 0 amide bonds. The third-order valence-corrected chi connectivity index (χ3v) is 4.46. The summed E-state index contributed by atoms with van der Waals surface area (Å²) >= 11 is 1.45. The number of methoxy groups -OCH3 is 1. The third-order valence-electron chi connectivity index (χ3n) is 3.69. The summed E-state index contributed by atoms with van der Waals surface area (Å²) in [5, 5.41) is 5.78. The predicted octanol–water partition coefficient (Wildman–Crippen LogP) is 3.70. The van der Waals surface area contributed by atoms with Crippen molar-refractivity contribution in [2.24, 2.45) is 0 Å². The highest BCUT2D eigenvalue weighted by molar-refractivity contribution is 7.14. The fraction of sp³-hybridized carbons (Fsp3) is 0.111. The van der Waals surface area contributed by atoms with E-state index in [1.807, 2.05) is 29.6 Å². The normalized spacial score (nSPS) is 15.4. The van der Waals surface area contributed by atoms with E-state index in [9.17, 15) is 4.79 Å². The zero-order valence-electron chi connectivity index (χ0n) is 12.7. The Bertz CT molecular complexity index is 889. The van der Waals surface area contributed by atoms with Crippen LogP contribution in [-0.4, -0.2) is 18.1 Å². The number of hydrogen-bond donors (Lipinski definition) is 1. The van der Waals surface area contributed by atoms with Gasteiger partial charge in [-0.25, -0.2) is 9.78 Å². The molecule has 24 heavy (non-hydrogen) atoms. The van der Waals surface area contributed by atoms with Crippen LogP contribution in [0.2, 0.25) is 0 Å². The Morgan fingerprint density at radius 1 is 1.29 bits per heavy atom. The molecular weight excluding hydrogens is 324 g/mol. The molecule has 0 radical (unpaired) electrons. The van der Waals surface area contributed by atoms with E-state index >= 15 is 0 Å². The van der Waals surface area contributed by atoms with Crippen molar-refractivity contribution in [3.05, 3.63) is 65.0 Å². The molecular formula is C18H12N2O3S. The molecule has 0 saturated carbocycles. The first-order valence-electron chi connectivity index (χ1n) is 7.24. The summed E-state index contributed by atoms with van der Waals surface area (Å²) in [6.45, 7) is 0. The molecule has 1 aliphatic heterocycles. The number of aromatic nitrogens is 1. The number of esters is 1. The number of cyclic esters (lactones) is 1. The van der Waals surface area contributed by atoms with Crippen LogP contribution < -0.4 is 10.1 Å². The van der Waals surface area contributed by atoms with Crippen molar-refractivity contribution in [2.75, 3.05) is 12.4 Å². The molecule has 1 aliphatic rings. The molecule has 5 nitrogen and oxygen atoms in total. The largest absolute Gasteiger partial charge is 0.497 e. The smallest absolute Gasteiger partial charge is 0.349 e. The molecule has 2 aromatic carbocycles. The van der Waals surface area contributed by atoms with Crippen LogP contribution in [0, 0.1) is 12.1 Å². The van der Waals surface area contributed by atoms with E-state index < -0.39 is 12.2 Å². The first-order chi connectivity index (χ1) is 11.7. The van der Waals surface area contributed by atoms with Gasteiger partial charge in [0.15, 0.2) is 5.13 Å². The average Bonchev–Trinajstić information content (AvgIpc) is 3.21. The zero-order chi connectivity index (χ0) is 16.5. The molecule has 1 atom stereocenters. The second-order valence-electron chi connectivity index (χ2n) is 5.13. The molecule has 1 aromatic heterocycles. The molecule has 0 spiro atoms. The topological polar surface area (TPSA) is 60.5 Å². The molecule has 6 heteroatoms. The van der Waals surface area contributed by atoms with Crippen LogP contribution >= 0.6 is 11.3 Å². The summed E-state index contributed by atoms with van der Waals surface area (Å²) in [6, 6.07) is 16.7. The molecule has 0 saturated heterocycles. The maximum absolute atomic E-state index is 11.8. The molecule has 4 rings (SSSR count). The number of nitrogens with one attached hydrogen (secondary N) is 1. The first-order valence-corrected chi connectivity index (χ1v) is 8.12. The van der Waals surface area contributed by atoms with Gasteiger partial charge >= 0.3 is 5.97 Å². The van der Waals surface area contributed by atoms with Crippen molar-refractivity contribution in [1.82, 2.24) is 4.98 Å². The van der Waals surface area contributed by atoms with Crippen LogP contribution in [0.15, 0.2) is 41.8 Å². The van der Waals surface area contributed by atoms with E-state index in [4.69, 9.17) is 9.47 Å². The summed E-state index contributed by atoms with van der Waals surface area (Å²) in [5.41, 5.74) is 3.01. The van der Waals surface area contributed by atoms with Crippen LogP contribution in [-0.2, 0) is 4.74 Å². The van der Waals surface area contributed by atoms with Gasteiger partial charge in [-0.05, 0) is 36.4 Å². The number of ether oxygens (including phenoxy) is 2. The lowest BCUT2D eigenvalue weighted by molar-refractivity contribution is 0.0437. The van der Waals surface area contributed by atoms with Gasteiger partial charge in [-0.3, -0.25) is 0 Å². The Labute approximate surface area is 142 Å². The summed E-state index contributed by atoms with van der Waals surface area (Å²) in [4.78, 5) is 16.4. The fourth-order valence-electron chi connectivity index (χ4n) is 2.47. The summed E-state index contributed by atoms with van der Waals surface area (Å²) in [5.74, 6) is 0.404. The second-order valence-corrected chi connectivity index (χ2v) is 5.99. The van der Waals surface area contributed by atoms with Crippen LogP contribution in [0.5, 0.6) is 5.75 Å². The lowest BCUT2D eigenvalue weighted by Crippen LogP contribution is -2.09. The highest BCUT2D eigenvalue weighted by atomic mass is 32.1. The lowest BCUT2D eigenvalue weighted by atomic mass is 10.1. The van der Waals surface area contributed by atoms with Crippen molar-refractivity contribution in [3.63, 3.8) is 0 Å². The second kappa shape index (κ2) is 5.87. The molecule has 118 valence electrons. The monoisotopic (exact) mass is 336 g/mol. The minimum absolute atomic E-state index is 0.397. The molecule has 0 aliphatic carbocycles. The van der Waals surface area contributed by atoms with Crippen molar-refractivity contribution >= 4 is 22.4 Å². The number of fused-ring (bicyclic) bond motifs is 1. The van der Waals surface area contributed by atoms with Gasteiger partial charge in [0.05, 0.1) is 12.8 Å². The van der Waals surface area contributed by atoms with Gasteiger partial charge in [-0.1, -0.05) is 12.1 Å². The number of rotatable bonds is 4. The minimum atomic E-state index is -0.548. The van der Waals surface area contributed by atoms with Crippen molar-refractivity contribution in [1.29, 1.82) is 0 Å². The Kier molecular flexibility index (Phi) is 3.56. The number of carbonyl (C=O) groups excluding carboxylic acids is 1. The van der Waals surface area contributed by atoms with Crippen LogP contribution in [0.25, 0.3) is 11.3 Å². The Hall–Kier alpha value is -3.04. The standard InChI is InChI=1S/C18H12N2O3S/c1-22-12-8-6-11(7-9-12)15-10-24-18(19-15)20-16-13-4-2-3-5-14(13)17(21)23-16/h2,4,6-10,16H,1H3,(H,19,20)/t16-/m1/s1. The van der Waals surface area contributed by atoms with E-state index in [0.29, 0.717) is 10.7 Å². The van der Waals surface area contributed by atoms with E-state index in [2.05, 4.69) is 22.4 Å². The average molecular weight is 336 g/mol. The number of carbonyl (C=O) groups is 1. The molecule has 0 bridgehead atoms. The quantitative estimate of drug-likeness (QED) is 0.736. The van der Waals surface area contributed by atoms with Gasteiger partial charge in [0.2, 0.25) is 6.23 Å². The van der Waals surface area contributed by atoms with Crippen molar-refractivity contribution in [3.8, 4) is 17.0 Å². The van der Waals surface area contributed by atoms with Crippen molar-refractivity contribution in [2.45, 2.75) is 6.23 Å². The van der Waals surface area contributed by atoms with Crippen LogP contribution in [0.4, 0.5) is 5.13 Å². The van der Waals surface area contributed by atoms with E-state index in [0.717, 1.165) is 22.6 Å². The van der Waals surface area contributed by atoms with Crippen LogP contribution in [0.1, 0.15) is 22.1 Å². The maximum atomic E-state index is 11.8. The molecule has 0 unspecified atom stereocenters. The van der Waals surface area contributed by atoms with E-state index in [1.54, 1.807) is 19.2 Å². The minimum Gasteiger partial charge on any atom is -0.497 e. The van der Waals surface area contributed by atoms with Gasteiger partial charge in [-0.15, -0.1) is 11.3 Å². The highest BCUT2D eigenvalue weighted by Gasteiger charge is 2.31. The van der Waals surface area contributed by atoms with Gasteiger partial charge in [0.1, 0.15) is 11.3 Å². The van der Waals surface area contributed by atoms with Crippen molar-refractivity contribution < 1.29 is 14.3 Å². The zero-order valence-corrected chi connectivity index (χ0v) is 13.5. The predicted molar refractivity (Wildman–Crippen MR) is 90.0 cm³/mol. The van der Waals surface area contributed by atoms with Gasteiger partial charge in [-0.2, -0.15) is 0 Å². The number of hydrogen-bond acceptors (Lipinski definition) is 6. The number of benzene rings is 1. The maximum Gasteiger partial charge on any atom is 0.349 e. The highest BCUT2D eigenvalue weighted by Crippen LogP contribution is 2.33. The number of nitrogens with zero attached hydrogens (tertiary/aromatic N) is 1. The first kappa shape index (κ1) is 14.5. The van der Waals surface area contributed by atoms with Gasteiger partial charge in [0.25, 0.3) is 0 Å². The SMILES string of the molecule is COc1ccc(-c2csc(N[C@@H]3OC(=O)c4c#cccc43)n2)cc1.